The van der Waals surface area contributed by atoms with Crippen LogP contribution in [-0.4, -0.2) is 32.3 Å². The van der Waals surface area contributed by atoms with Gasteiger partial charge < -0.3 is 5.32 Å². The van der Waals surface area contributed by atoms with Crippen LogP contribution in [0, 0.1) is 5.41 Å². The van der Waals surface area contributed by atoms with E-state index in [9.17, 15) is 9.59 Å². The number of nitrogens with zero attached hydrogens (tertiary/aromatic N) is 3. The van der Waals surface area contributed by atoms with Crippen LogP contribution in [0.25, 0.3) is 0 Å². The molecule has 0 aliphatic rings. The highest BCUT2D eigenvalue weighted by Crippen LogP contribution is 2.22. The predicted octanol–water partition coefficient (Wildman–Crippen LogP) is 1.60. The van der Waals surface area contributed by atoms with Gasteiger partial charge in [0.2, 0.25) is 5.78 Å². The third-order valence-corrected chi connectivity index (χ3v) is 3.97. The molecule has 0 spiro atoms. The van der Waals surface area contributed by atoms with Crippen LogP contribution in [0.15, 0.2) is 30.3 Å². The number of hydrogen-bond donors (Lipinski definition) is 2. The first kappa shape index (κ1) is 16.8. The second-order valence-electron chi connectivity index (χ2n) is 6.05. The number of nitrogens with one attached hydrogen (secondary N) is 2. The van der Waals surface area contributed by atoms with Gasteiger partial charge in [-0.3, -0.25) is 9.59 Å². The Morgan fingerprint density at radius 3 is 2.52 bits per heavy atom. The molecule has 0 bridgehead atoms. The summed E-state index contributed by atoms with van der Waals surface area (Å²) in [4.78, 5) is 24.6. The van der Waals surface area contributed by atoms with E-state index in [4.69, 9.17) is 0 Å². The van der Waals surface area contributed by atoms with Crippen molar-refractivity contribution in [1.29, 1.82) is 0 Å². The fourth-order valence-electron chi connectivity index (χ4n) is 2.07. The molecule has 23 heavy (non-hydrogen) atoms. The van der Waals surface area contributed by atoms with Crippen molar-refractivity contribution in [3.8, 4) is 0 Å². The summed E-state index contributed by atoms with van der Waals surface area (Å²) in [6.07, 6.45) is 1.07. The fourth-order valence-corrected chi connectivity index (χ4v) is 2.07. The normalized spacial score (nSPS) is 12.7. The van der Waals surface area contributed by atoms with Crippen LogP contribution in [0.2, 0.25) is 0 Å². The van der Waals surface area contributed by atoms with Gasteiger partial charge in [-0.2, -0.15) is 5.21 Å². The molecule has 2 aromatic rings. The minimum Gasteiger partial charge on any atom is -0.339 e. The number of amides is 1. The maximum atomic E-state index is 12.3. The number of H-pyrrole nitrogens is 1. The third kappa shape index (κ3) is 4.21. The summed E-state index contributed by atoms with van der Waals surface area (Å²) in [5.74, 6) is -0.714. The zero-order chi connectivity index (χ0) is 16.9. The molecule has 7 nitrogen and oxygen atoms in total. The Bertz CT molecular complexity index is 652. The number of carbonyl (C=O) groups excluding carboxylic acids is 2. The first-order chi connectivity index (χ1) is 10.9. The van der Waals surface area contributed by atoms with Crippen LogP contribution >= 0.6 is 0 Å². The van der Waals surface area contributed by atoms with Gasteiger partial charge in [0.05, 0.1) is 6.04 Å². The van der Waals surface area contributed by atoms with Crippen molar-refractivity contribution in [2.45, 2.75) is 39.7 Å². The lowest BCUT2D eigenvalue weighted by Crippen LogP contribution is -2.42. The molecule has 1 aromatic heterocycles. The monoisotopic (exact) mass is 315 g/mol. The molecule has 1 unspecified atom stereocenters. The molecule has 0 saturated heterocycles. The topological polar surface area (TPSA) is 101 Å². The molecular formula is C16H21N5O2. The SMILES string of the molecule is CCC(C)(C)C(=O)C(=O)NC(Cc1ccccc1)c1nn[nH]n1. The Kier molecular flexibility index (Phi) is 5.20. The molecule has 1 heterocycles. The van der Waals surface area contributed by atoms with Crippen LogP contribution in [0.5, 0.6) is 0 Å². The Hall–Kier alpha value is -2.57. The molecule has 7 heteroatoms. The second kappa shape index (κ2) is 7.13. The molecular weight excluding hydrogens is 294 g/mol. The highest BCUT2D eigenvalue weighted by atomic mass is 16.2. The van der Waals surface area contributed by atoms with Gasteiger partial charge in [0.25, 0.3) is 5.91 Å². The molecule has 0 saturated carbocycles. The average molecular weight is 315 g/mol. The lowest BCUT2D eigenvalue weighted by molar-refractivity contribution is -0.143. The summed E-state index contributed by atoms with van der Waals surface area (Å²) >= 11 is 0. The number of carbonyl (C=O) groups is 2. The molecule has 1 amide bonds. The first-order valence-electron chi connectivity index (χ1n) is 7.56. The van der Waals surface area contributed by atoms with E-state index >= 15 is 0 Å². The Labute approximate surface area is 134 Å². The molecule has 0 radical (unpaired) electrons. The van der Waals surface area contributed by atoms with Gasteiger partial charge in [-0.1, -0.05) is 56.3 Å². The number of rotatable bonds is 7. The van der Waals surface area contributed by atoms with Gasteiger partial charge in [-0.05, 0) is 12.0 Å². The number of aromatic amines is 1. The molecule has 0 aliphatic carbocycles. The minimum atomic E-state index is -0.696. The Balaban J connectivity index is 2.16. The number of hydrogen-bond acceptors (Lipinski definition) is 5. The van der Waals surface area contributed by atoms with Gasteiger partial charge in [0.1, 0.15) is 0 Å². The van der Waals surface area contributed by atoms with Crippen molar-refractivity contribution < 1.29 is 9.59 Å². The summed E-state index contributed by atoms with van der Waals surface area (Å²) in [7, 11) is 0. The molecule has 1 atom stereocenters. The quantitative estimate of drug-likeness (QED) is 0.756. The number of ketones is 1. The lowest BCUT2D eigenvalue weighted by atomic mass is 9.84. The van der Waals surface area contributed by atoms with Gasteiger partial charge >= 0.3 is 0 Å². The number of aromatic nitrogens is 4. The first-order valence-corrected chi connectivity index (χ1v) is 7.56. The largest absolute Gasteiger partial charge is 0.339 e. The highest BCUT2D eigenvalue weighted by Gasteiger charge is 2.33. The van der Waals surface area contributed by atoms with Crippen LogP contribution in [0.3, 0.4) is 0 Å². The van der Waals surface area contributed by atoms with E-state index in [1.165, 1.54) is 0 Å². The average Bonchev–Trinajstić information content (AvgIpc) is 3.08. The van der Waals surface area contributed by atoms with Gasteiger partial charge in [-0.25, -0.2) is 0 Å². The molecule has 0 aliphatic heterocycles. The predicted molar refractivity (Wildman–Crippen MR) is 84.3 cm³/mol. The summed E-state index contributed by atoms with van der Waals surface area (Å²) in [6, 6.07) is 9.11. The molecule has 2 rings (SSSR count). The van der Waals surface area contributed by atoms with E-state index < -0.39 is 23.1 Å². The van der Waals surface area contributed by atoms with Crippen LogP contribution in [0.1, 0.15) is 44.6 Å². The fraction of sp³-hybridized carbons (Fsp3) is 0.438. The van der Waals surface area contributed by atoms with Crippen LogP contribution < -0.4 is 5.32 Å². The van der Waals surface area contributed by atoms with Crippen molar-refractivity contribution in [2.75, 3.05) is 0 Å². The van der Waals surface area contributed by atoms with Crippen molar-refractivity contribution in [3.63, 3.8) is 0 Å². The standard InChI is InChI=1S/C16H21N5O2/c1-4-16(2,3)13(22)15(23)17-12(14-18-20-21-19-14)10-11-8-6-5-7-9-11/h5-9,12H,4,10H2,1-3H3,(H,17,23)(H,18,19,20,21). The van der Waals surface area contributed by atoms with Gasteiger partial charge in [0, 0.05) is 11.8 Å². The van der Waals surface area contributed by atoms with Crippen LogP contribution in [-0.2, 0) is 16.0 Å². The smallest absolute Gasteiger partial charge is 0.288 e. The van der Waals surface area contributed by atoms with Gasteiger partial charge in [0.15, 0.2) is 5.82 Å². The third-order valence-electron chi connectivity index (χ3n) is 3.97. The van der Waals surface area contributed by atoms with Crippen molar-refractivity contribution in [3.05, 3.63) is 41.7 Å². The van der Waals surface area contributed by atoms with Gasteiger partial charge in [-0.15, -0.1) is 10.2 Å². The molecule has 2 N–H and O–H groups in total. The summed E-state index contributed by atoms with van der Waals surface area (Å²) in [5, 5.41) is 16.5. The van der Waals surface area contributed by atoms with E-state index in [0.29, 0.717) is 18.7 Å². The van der Waals surface area contributed by atoms with Crippen molar-refractivity contribution in [2.24, 2.45) is 5.41 Å². The zero-order valence-corrected chi connectivity index (χ0v) is 13.5. The van der Waals surface area contributed by atoms with E-state index in [2.05, 4.69) is 25.9 Å². The molecule has 1 aromatic carbocycles. The number of tetrazole rings is 1. The van der Waals surface area contributed by atoms with E-state index in [1.807, 2.05) is 37.3 Å². The number of Topliss-reactive ketones (excluding diaryl/α,β-unsaturated/α-hetero) is 1. The van der Waals surface area contributed by atoms with E-state index in [1.54, 1.807) is 13.8 Å². The summed E-state index contributed by atoms with van der Waals surface area (Å²) in [6.45, 7) is 5.40. The van der Waals surface area contributed by atoms with E-state index in [0.717, 1.165) is 5.56 Å². The Morgan fingerprint density at radius 1 is 1.26 bits per heavy atom. The maximum Gasteiger partial charge on any atom is 0.288 e. The number of benzene rings is 1. The Morgan fingerprint density at radius 2 is 1.96 bits per heavy atom. The highest BCUT2D eigenvalue weighted by molar-refractivity contribution is 6.38. The molecule has 122 valence electrons. The van der Waals surface area contributed by atoms with Crippen molar-refractivity contribution in [1.82, 2.24) is 25.9 Å². The minimum absolute atomic E-state index is 0.351. The summed E-state index contributed by atoms with van der Waals surface area (Å²) < 4.78 is 0. The zero-order valence-electron chi connectivity index (χ0n) is 13.5. The second-order valence-corrected chi connectivity index (χ2v) is 6.05. The maximum absolute atomic E-state index is 12.3. The van der Waals surface area contributed by atoms with Crippen LogP contribution in [0.4, 0.5) is 0 Å². The van der Waals surface area contributed by atoms with E-state index in [-0.39, 0.29) is 0 Å². The summed E-state index contributed by atoms with van der Waals surface area (Å²) in [5.41, 5.74) is 0.309. The lowest BCUT2D eigenvalue weighted by Gasteiger charge is -2.22. The molecule has 0 fully saturated rings. The van der Waals surface area contributed by atoms with Crippen molar-refractivity contribution >= 4 is 11.7 Å².